The molecule has 0 aliphatic rings. The van der Waals surface area contributed by atoms with Gasteiger partial charge in [0.2, 0.25) is 0 Å². The summed E-state index contributed by atoms with van der Waals surface area (Å²) in [6.07, 6.45) is 5.78. The first-order valence-corrected chi connectivity index (χ1v) is 8.01. The first-order chi connectivity index (χ1) is 6.75. The van der Waals surface area contributed by atoms with Crippen LogP contribution in [0.5, 0.6) is 0 Å². The van der Waals surface area contributed by atoms with Crippen LogP contribution < -0.4 is 0 Å². The quantitative estimate of drug-likeness (QED) is 0.383. The van der Waals surface area contributed by atoms with Crippen molar-refractivity contribution in [1.82, 2.24) is 0 Å². The average Bonchev–Trinajstić information content (AvgIpc) is 2.14. The zero-order valence-electron chi connectivity index (χ0n) is 8.48. The third-order valence-electron chi connectivity index (χ3n) is 1.80. The third kappa shape index (κ3) is 6.72. The minimum atomic E-state index is -0.473. The summed E-state index contributed by atoms with van der Waals surface area (Å²) in [5.41, 5.74) is 0. The molecule has 0 N–H and O–H groups in total. The molecule has 0 saturated carbocycles. The first-order valence-electron chi connectivity index (χ1n) is 4.30. The van der Waals surface area contributed by atoms with Gasteiger partial charge in [-0.05, 0) is 18.8 Å². The maximum absolute atomic E-state index is 6.29. The molecule has 0 rings (SSSR count). The van der Waals surface area contributed by atoms with Crippen molar-refractivity contribution < 1.29 is 0 Å². The fourth-order valence-electron chi connectivity index (χ4n) is 0.733. The van der Waals surface area contributed by atoms with Crippen LogP contribution >= 0.6 is 71.0 Å². The molecule has 0 fully saturated rings. The zero-order valence-corrected chi connectivity index (χ0v) is 14.8. The minimum Gasteiger partial charge on any atom is -0.114 e. The summed E-state index contributed by atoms with van der Waals surface area (Å²) < 4.78 is 0. The van der Waals surface area contributed by atoms with Gasteiger partial charge >= 0.3 is 0 Å². The van der Waals surface area contributed by atoms with E-state index in [1.165, 1.54) is 0 Å². The summed E-state index contributed by atoms with van der Waals surface area (Å²) in [4.78, 5) is 0.931. The Kier molecular flexibility index (Phi) is 7.76. The van der Waals surface area contributed by atoms with Crippen molar-refractivity contribution >= 4 is 71.0 Å². The number of alkyl halides is 4. The molecule has 0 spiro atoms. The van der Waals surface area contributed by atoms with E-state index in [-0.39, 0.29) is 9.70 Å². The molecule has 0 heterocycles. The third-order valence-corrected chi connectivity index (χ3v) is 5.69. The number of hydrogen-bond donors (Lipinski definition) is 0. The van der Waals surface area contributed by atoms with Gasteiger partial charge in [-0.3, -0.25) is 0 Å². The summed E-state index contributed by atoms with van der Waals surface area (Å²) in [5.74, 6) is 0. The van der Waals surface area contributed by atoms with Crippen LogP contribution in [0.15, 0.2) is 23.2 Å². The predicted octanol–water partition coefficient (Wildman–Crippen LogP) is 5.60. The lowest BCUT2D eigenvalue weighted by atomic mass is 10.1. The first kappa shape index (κ1) is 16.5. The maximum atomic E-state index is 6.29. The Morgan fingerprint density at radius 2 is 1.80 bits per heavy atom. The van der Waals surface area contributed by atoms with Crippen LogP contribution in [-0.4, -0.2) is 19.9 Å². The Labute approximate surface area is 127 Å². The van der Waals surface area contributed by atoms with Crippen LogP contribution in [0.2, 0.25) is 0 Å². The van der Waals surface area contributed by atoms with Gasteiger partial charge < -0.3 is 0 Å². The lowest BCUT2D eigenvalue weighted by molar-refractivity contribution is 0.807. The number of rotatable bonds is 5. The van der Waals surface area contributed by atoms with Gasteiger partial charge in [-0.25, -0.2) is 0 Å². The van der Waals surface area contributed by atoms with E-state index in [9.17, 15) is 0 Å². The van der Waals surface area contributed by atoms with Crippen LogP contribution in [0.1, 0.15) is 13.8 Å². The Hall–Kier alpha value is 1.50. The Morgan fingerprint density at radius 1 is 1.27 bits per heavy atom. The Bertz CT molecular complexity index is 247. The predicted molar refractivity (Wildman–Crippen MR) is 82.2 cm³/mol. The van der Waals surface area contributed by atoms with Crippen LogP contribution in [0, 0.1) is 0 Å². The molecule has 0 saturated heterocycles. The topological polar surface area (TPSA) is 0 Å². The SMILES string of the molecule is C[C@](Cl)(/C=C/[C@H](Br)[C@](C)(Cl)/C=C/Br)CBr. The molecule has 0 amide bonds. The van der Waals surface area contributed by atoms with Gasteiger partial charge in [-0.15, -0.1) is 23.2 Å². The van der Waals surface area contributed by atoms with Crippen molar-refractivity contribution in [3.05, 3.63) is 23.2 Å². The summed E-state index contributed by atoms with van der Waals surface area (Å²) in [6.45, 7) is 3.86. The minimum absolute atomic E-state index is 0.0255. The fourth-order valence-corrected chi connectivity index (χ4v) is 2.13. The highest BCUT2D eigenvalue weighted by molar-refractivity contribution is 9.11. The Morgan fingerprint density at radius 3 is 2.20 bits per heavy atom. The van der Waals surface area contributed by atoms with Crippen LogP contribution in [0.25, 0.3) is 0 Å². The van der Waals surface area contributed by atoms with Crippen molar-refractivity contribution in [3.63, 3.8) is 0 Å². The molecule has 0 aliphatic carbocycles. The molecular formula is C10H13Br3Cl2. The monoisotopic (exact) mass is 440 g/mol. The standard InChI is InChI=1S/C10H13Br3Cl2/c1-9(14,7-12)4-3-8(13)10(2,15)5-6-11/h3-6,8H,7H2,1-2H3/b4-3+,6-5+/t8-,9-,10+/m0/s1. The van der Waals surface area contributed by atoms with E-state index in [0.717, 1.165) is 0 Å². The van der Waals surface area contributed by atoms with E-state index in [1.807, 2.05) is 32.1 Å². The smallest absolute Gasteiger partial charge is 0.0765 e. The van der Waals surface area contributed by atoms with E-state index in [4.69, 9.17) is 23.2 Å². The fraction of sp³-hybridized carbons (Fsp3) is 0.600. The number of halogens is 5. The molecule has 0 aromatic rings. The van der Waals surface area contributed by atoms with Crippen molar-refractivity contribution in [2.45, 2.75) is 28.4 Å². The van der Waals surface area contributed by atoms with Gasteiger partial charge in [0.15, 0.2) is 0 Å². The molecule has 0 aromatic heterocycles. The highest BCUT2D eigenvalue weighted by Crippen LogP contribution is 2.30. The second-order valence-electron chi connectivity index (χ2n) is 3.62. The Balaban J connectivity index is 4.55. The van der Waals surface area contributed by atoms with Crippen LogP contribution in [0.4, 0.5) is 0 Å². The zero-order chi connectivity index (χ0) is 12.1. The van der Waals surface area contributed by atoms with Crippen molar-refractivity contribution in [2.24, 2.45) is 0 Å². The van der Waals surface area contributed by atoms with Gasteiger partial charge in [-0.1, -0.05) is 66.0 Å². The van der Waals surface area contributed by atoms with Crippen molar-refractivity contribution in [1.29, 1.82) is 0 Å². The van der Waals surface area contributed by atoms with Gasteiger partial charge in [0.05, 0.1) is 14.6 Å². The van der Waals surface area contributed by atoms with Gasteiger partial charge in [0.1, 0.15) is 0 Å². The van der Waals surface area contributed by atoms with Crippen LogP contribution in [-0.2, 0) is 0 Å². The maximum Gasteiger partial charge on any atom is 0.0765 e. The molecule has 0 unspecified atom stereocenters. The van der Waals surface area contributed by atoms with Gasteiger partial charge in [-0.2, -0.15) is 0 Å². The van der Waals surface area contributed by atoms with E-state index < -0.39 is 4.87 Å². The second-order valence-corrected chi connectivity index (χ2v) is 7.37. The molecule has 0 radical (unpaired) electrons. The number of hydrogen-bond acceptors (Lipinski definition) is 0. The lowest BCUT2D eigenvalue weighted by Gasteiger charge is -2.22. The molecular weight excluding hydrogens is 431 g/mol. The highest BCUT2D eigenvalue weighted by Gasteiger charge is 2.26. The largest absolute Gasteiger partial charge is 0.114 e. The normalized spacial score (nSPS) is 22.9. The van der Waals surface area contributed by atoms with Gasteiger partial charge in [0, 0.05) is 5.33 Å². The average molecular weight is 444 g/mol. The summed E-state index contributed by atoms with van der Waals surface area (Å²) in [6, 6.07) is 0. The molecule has 0 aromatic carbocycles. The molecule has 0 aliphatic heterocycles. The van der Waals surface area contributed by atoms with E-state index >= 15 is 0 Å². The van der Waals surface area contributed by atoms with E-state index in [1.54, 1.807) is 4.99 Å². The molecule has 0 bridgehead atoms. The molecule has 88 valence electrons. The molecule has 5 heteroatoms. The molecule has 0 nitrogen and oxygen atoms in total. The van der Waals surface area contributed by atoms with Gasteiger partial charge in [0.25, 0.3) is 0 Å². The number of allylic oxidation sites excluding steroid dienone is 3. The molecule has 3 atom stereocenters. The second kappa shape index (κ2) is 7.05. The highest BCUT2D eigenvalue weighted by atomic mass is 79.9. The van der Waals surface area contributed by atoms with E-state index in [2.05, 4.69) is 47.8 Å². The molecule has 15 heavy (non-hydrogen) atoms. The summed E-state index contributed by atoms with van der Waals surface area (Å²) in [7, 11) is 0. The van der Waals surface area contributed by atoms with Crippen LogP contribution in [0.3, 0.4) is 0 Å². The van der Waals surface area contributed by atoms with Crippen molar-refractivity contribution in [2.75, 3.05) is 5.33 Å². The lowest BCUT2D eigenvalue weighted by Crippen LogP contribution is -2.25. The van der Waals surface area contributed by atoms with Crippen molar-refractivity contribution in [3.8, 4) is 0 Å². The summed E-state index contributed by atoms with van der Waals surface area (Å²) in [5, 5.41) is 0.699. The van der Waals surface area contributed by atoms with E-state index in [0.29, 0.717) is 5.33 Å². The summed E-state index contributed by atoms with van der Waals surface area (Å²) >= 11 is 22.5.